The van der Waals surface area contributed by atoms with E-state index in [2.05, 4.69) is 11.6 Å². The molecule has 0 atom stereocenters. The smallest absolute Gasteiger partial charge is 0.357 e. The number of halogens is 3. The van der Waals surface area contributed by atoms with Crippen LogP contribution in [0.3, 0.4) is 0 Å². The molecule has 0 saturated heterocycles. The van der Waals surface area contributed by atoms with Crippen LogP contribution >= 0.6 is 0 Å². The first kappa shape index (κ1) is 19.7. The lowest BCUT2D eigenvalue weighted by molar-refractivity contribution is -0.137. The first-order valence-corrected chi connectivity index (χ1v) is 7.97. The number of nitrogens with one attached hydrogen (secondary N) is 1. The summed E-state index contributed by atoms with van der Waals surface area (Å²) in [4.78, 5) is 26.5. The Labute approximate surface area is 147 Å². The van der Waals surface area contributed by atoms with Gasteiger partial charge in [0.15, 0.2) is 0 Å². The predicted molar refractivity (Wildman–Crippen MR) is 91.1 cm³/mol. The Hall–Kier alpha value is -2.61. The van der Waals surface area contributed by atoms with Crippen molar-refractivity contribution in [3.8, 4) is 0 Å². The molecule has 1 aromatic heterocycles. The van der Waals surface area contributed by atoms with E-state index in [1.807, 2.05) is 0 Å². The van der Waals surface area contributed by atoms with Crippen LogP contribution in [0, 0.1) is 0 Å². The largest absolute Gasteiger partial charge is 0.416 e. The Morgan fingerprint density at radius 1 is 1.31 bits per heavy atom. The molecule has 0 amide bonds. The summed E-state index contributed by atoms with van der Waals surface area (Å²) in [5, 5.41) is 0. The van der Waals surface area contributed by atoms with Gasteiger partial charge in [0, 0.05) is 17.7 Å². The SMILES string of the molecule is C=CCOCn1c(Cc2cccc(C(F)(F)F)c2)c(CC)c(=O)[nH]c1=O. The van der Waals surface area contributed by atoms with Crippen LogP contribution in [0.5, 0.6) is 0 Å². The summed E-state index contributed by atoms with van der Waals surface area (Å²) in [6.07, 6.45) is -2.64. The maximum absolute atomic E-state index is 12.9. The zero-order valence-corrected chi connectivity index (χ0v) is 14.2. The summed E-state index contributed by atoms with van der Waals surface area (Å²) in [5.74, 6) is 0. The number of H-pyrrole nitrogens is 1. The number of ether oxygens (including phenoxy) is 1. The zero-order valence-electron chi connectivity index (χ0n) is 14.2. The Kier molecular flexibility index (Phi) is 6.20. The fraction of sp³-hybridized carbons (Fsp3) is 0.333. The maximum Gasteiger partial charge on any atom is 0.416 e. The van der Waals surface area contributed by atoms with Gasteiger partial charge in [-0.1, -0.05) is 31.2 Å². The third-order valence-corrected chi connectivity index (χ3v) is 3.85. The summed E-state index contributed by atoms with van der Waals surface area (Å²) >= 11 is 0. The lowest BCUT2D eigenvalue weighted by atomic mass is 10.0. The number of alkyl halides is 3. The van der Waals surface area contributed by atoms with Crippen molar-refractivity contribution in [3.63, 3.8) is 0 Å². The predicted octanol–water partition coefficient (Wildman–Crippen LogP) is 2.87. The highest BCUT2D eigenvalue weighted by molar-refractivity contribution is 5.31. The Morgan fingerprint density at radius 3 is 2.65 bits per heavy atom. The molecule has 0 bridgehead atoms. The molecule has 5 nitrogen and oxygen atoms in total. The van der Waals surface area contributed by atoms with Crippen molar-refractivity contribution in [2.75, 3.05) is 6.61 Å². The Morgan fingerprint density at radius 2 is 2.04 bits per heavy atom. The van der Waals surface area contributed by atoms with Gasteiger partial charge in [-0.15, -0.1) is 6.58 Å². The lowest BCUT2D eigenvalue weighted by Gasteiger charge is -2.16. The van der Waals surface area contributed by atoms with Crippen LogP contribution in [0.4, 0.5) is 13.2 Å². The normalized spacial score (nSPS) is 11.5. The van der Waals surface area contributed by atoms with E-state index in [1.165, 1.54) is 22.8 Å². The average molecular weight is 368 g/mol. The van der Waals surface area contributed by atoms with Gasteiger partial charge in [0.05, 0.1) is 12.2 Å². The second-order valence-electron chi connectivity index (χ2n) is 5.63. The monoisotopic (exact) mass is 368 g/mol. The third-order valence-electron chi connectivity index (χ3n) is 3.85. The lowest BCUT2D eigenvalue weighted by Crippen LogP contribution is -2.36. The second kappa shape index (κ2) is 8.18. The minimum atomic E-state index is -4.47. The first-order chi connectivity index (χ1) is 12.3. The summed E-state index contributed by atoms with van der Waals surface area (Å²) in [6.45, 7) is 5.30. The Balaban J connectivity index is 2.51. The molecule has 0 aliphatic heterocycles. The molecule has 2 aromatic rings. The molecule has 2 rings (SSSR count). The van der Waals surface area contributed by atoms with Crippen LogP contribution in [0.2, 0.25) is 0 Å². The summed E-state index contributed by atoms with van der Waals surface area (Å²) in [7, 11) is 0. The first-order valence-electron chi connectivity index (χ1n) is 7.97. The summed E-state index contributed by atoms with van der Waals surface area (Å²) in [6, 6.07) is 4.81. The molecule has 0 spiro atoms. The van der Waals surface area contributed by atoms with Crippen molar-refractivity contribution in [2.24, 2.45) is 0 Å². The molecule has 140 valence electrons. The molecule has 0 aliphatic rings. The number of nitrogens with zero attached hydrogens (tertiary/aromatic N) is 1. The van der Waals surface area contributed by atoms with Gasteiger partial charge in [-0.25, -0.2) is 4.79 Å². The van der Waals surface area contributed by atoms with E-state index in [9.17, 15) is 22.8 Å². The highest BCUT2D eigenvalue weighted by Gasteiger charge is 2.30. The van der Waals surface area contributed by atoms with Crippen molar-refractivity contribution >= 4 is 0 Å². The van der Waals surface area contributed by atoms with E-state index in [0.717, 1.165) is 12.1 Å². The minimum absolute atomic E-state index is 0.00367. The zero-order chi connectivity index (χ0) is 19.3. The standard InChI is InChI=1S/C18H19F3N2O3/c1-3-8-26-11-23-15(14(4-2)16(24)22-17(23)25)10-12-6-5-7-13(9-12)18(19,20)21/h3,5-7,9H,1,4,8,10-11H2,2H3,(H,22,24,25). The number of hydrogen-bond donors (Lipinski definition) is 1. The average Bonchev–Trinajstić information content (AvgIpc) is 2.57. The van der Waals surface area contributed by atoms with Crippen LogP contribution in [0.15, 0.2) is 46.5 Å². The van der Waals surface area contributed by atoms with Crippen LogP contribution in [-0.4, -0.2) is 16.2 Å². The van der Waals surface area contributed by atoms with E-state index in [4.69, 9.17) is 4.74 Å². The summed E-state index contributed by atoms with van der Waals surface area (Å²) in [5.41, 5.74) is -0.974. The number of rotatable bonds is 7. The van der Waals surface area contributed by atoms with E-state index in [1.54, 1.807) is 6.92 Å². The summed E-state index contributed by atoms with van der Waals surface area (Å²) < 4.78 is 45.3. The van der Waals surface area contributed by atoms with Gasteiger partial charge < -0.3 is 4.74 Å². The molecule has 0 aliphatic carbocycles. The van der Waals surface area contributed by atoms with Crippen LogP contribution in [0.1, 0.15) is 29.3 Å². The molecule has 1 N–H and O–H groups in total. The van der Waals surface area contributed by atoms with E-state index in [-0.39, 0.29) is 19.8 Å². The molecule has 8 heteroatoms. The molecule has 0 unspecified atom stereocenters. The van der Waals surface area contributed by atoms with Crippen LogP contribution in [0.25, 0.3) is 0 Å². The molecule has 26 heavy (non-hydrogen) atoms. The fourth-order valence-corrected chi connectivity index (χ4v) is 2.64. The van der Waals surface area contributed by atoms with E-state index >= 15 is 0 Å². The van der Waals surface area contributed by atoms with Gasteiger partial charge in [-0.05, 0) is 18.1 Å². The van der Waals surface area contributed by atoms with Crippen molar-refractivity contribution in [2.45, 2.75) is 32.7 Å². The number of hydrogen-bond acceptors (Lipinski definition) is 3. The number of aromatic nitrogens is 2. The molecular weight excluding hydrogens is 349 g/mol. The van der Waals surface area contributed by atoms with Gasteiger partial charge in [-0.3, -0.25) is 14.3 Å². The fourth-order valence-electron chi connectivity index (χ4n) is 2.64. The van der Waals surface area contributed by atoms with Gasteiger partial charge in [0.1, 0.15) is 6.73 Å². The van der Waals surface area contributed by atoms with Crippen molar-refractivity contribution < 1.29 is 17.9 Å². The van der Waals surface area contributed by atoms with Gasteiger partial charge >= 0.3 is 11.9 Å². The van der Waals surface area contributed by atoms with E-state index in [0.29, 0.717) is 23.2 Å². The third kappa shape index (κ3) is 4.51. The second-order valence-corrected chi connectivity index (χ2v) is 5.63. The Bertz CT molecular complexity index is 898. The van der Waals surface area contributed by atoms with Gasteiger partial charge in [-0.2, -0.15) is 13.2 Å². The topological polar surface area (TPSA) is 64.1 Å². The maximum atomic E-state index is 12.9. The quantitative estimate of drug-likeness (QED) is 0.604. The van der Waals surface area contributed by atoms with Gasteiger partial charge in [0.2, 0.25) is 0 Å². The molecule has 0 saturated carbocycles. The highest BCUT2D eigenvalue weighted by Crippen LogP contribution is 2.30. The van der Waals surface area contributed by atoms with Crippen molar-refractivity contribution in [3.05, 3.63) is 80.1 Å². The molecule has 1 aromatic carbocycles. The van der Waals surface area contributed by atoms with Crippen molar-refractivity contribution in [1.82, 2.24) is 9.55 Å². The molecule has 1 heterocycles. The highest BCUT2D eigenvalue weighted by atomic mass is 19.4. The molecular formula is C18H19F3N2O3. The van der Waals surface area contributed by atoms with Crippen LogP contribution < -0.4 is 11.2 Å². The molecule has 0 radical (unpaired) electrons. The van der Waals surface area contributed by atoms with Gasteiger partial charge in [0.25, 0.3) is 5.56 Å². The van der Waals surface area contributed by atoms with E-state index < -0.39 is 23.0 Å². The number of aromatic amines is 1. The minimum Gasteiger partial charge on any atom is -0.357 e. The van der Waals surface area contributed by atoms with Crippen LogP contribution in [-0.2, 0) is 30.5 Å². The molecule has 0 fully saturated rings. The van der Waals surface area contributed by atoms with Crippen molar-refractivity contribution in [1.29, 1.82) is 0 Å². The number of benzene rings is 1.